The minimum atomic E-state index is -0.874. The van der Waals surface area contributed by atoms with Crippen LogP contribution in [0, 0.1) is 12.3 Å². The number of thiazole rings is 1. The fraction of sp³-hybridized carbons (Fsp3) is 0.550. The molecule has 5 N–H and O–H groups in total. The largest absolute Gasteiger partial charge is 0.391 e. The van der Waals surface area contributed by atoms with Crippen molar-refractivity contribution in [3.05, 3.63) is 64.9 Å². The van der Waals surface area contributed by atoms with Gasteiger partial charge in [0.15, 0.2) is 0 Å². The van der Waals surface area contributed by atoms with Crippen LogP contribution in [0.2, 0.25) is 0 Å². The maximum atomic E-state index is 14.0. The first-order valence-electron chi connectivity index (χ1n) is 19.1. The quantitative estimate of drug-likeness (QED) is 0.144. The highest BCUT2D eigenvalue weighted by atomic mass is 32.1. The standard InChI is InChI=1S/C40H56N8O5S/c1-26(28-11-13-29(14-12-28)35-27(2)44-25-54-35)45-38(52)32-22-31(49)24-48(32)39(53)36(40(3,4)5)46-34(50)10-8-6-7-9-17-42-37(51)30-15-16-33(43-23-30)47-20-18-41-19-21-47/h11-16,23,25-26,31-32,36,41,49H,6-10,17-22,24H2,1-5H3,(H,42,51)(H,45,52)(H,46,50)/t26-,31+,32-,36+/m0/s1. The smallest absolute Gasteiger partial charge is 0.252 e. The van der Waals surface area contributed by atoms with Gasteiger partial charge in [-0.1, -0.05) is 57.9 Å². The van der Waals surface area contributed by atoms with Crippen molar-refractivity contribution in [3.63, 3.8) is 0 Å². The van der Waals surface area contributed by atoms with Crippen LogP contribution >= 0.6 is 11.3 Å². The molecule has 5 rings (SSSR count). The predicted octanol–water partition coefficient (Wildman–Crippen LogP) is 3.97. The molecule has 0 unspecified atom stereocenters. The molecule has 0 saturated carbocycles. The number of benzene rings is 1. The lowest BCUT2D eigenvalue weighted by Crippen LogP contribution is -2.57. The average Bonchev–Trinajstić information content (AvgIpc) is 3.78. The van der Waals surface area contributed by atoms with E-state index in [0.29, 0.717) is 18.5 Å². The molecule has 4 amide bonds. The maximum Gasteiger partial charge on any atom is 0.252 e. The van der Waals surface area contributed by atoms with E-state index < -0.39 is 23.6 Å². The molecule has 1 aromatic carbocycles. The van der Waals surface area contributed by atoms with E-state index in [9.17, 15) is 24.3 Å². The number of unbranched alkanes of at least 4 members (excludes halogenated alkanes) is 3. The molecule has 2 aromatic heterocycles. The summed E-state index contributed by atoms with van der Waals surface area (Å²) in [6, 6.07) is 9.61. The Morgan fingerprint density at radius 3 is 2.35 bits per heavy atom. The van der Waals surface area contributed by atoms with Crippen molar-refractivity contribution >= 4 is 40.8 Å². The lowest BCUT2D eigenvalue weighted by atomic mass is 9.85. The Morgan fingerprint density at radius 1 is 0.981 bits per heavy atom. The van der Waals surface area contributed by atoms with Gasteiger partial charge in [0.2, 0.25) is 17.7 Å². The summed E-state index contributed by atoms with van der Waals surface area (Å²) in [5.74, 6) is -0.235. The van der Waals surface area contributed by atoms with Gasteiger partial charge < -0.3 is 36.2 Å². The van der Waals surface area contributed by atoms with Gasteiger partial charge in [-0.15, -0.1) is 11.3 Å². The zero-order valence-corrected chi connectivity index (χ0v) is 33.0. The molecule has 4 heterocycles. The van der Waals surface area contributed by atoms with Crippen LogP contribution in [-0.2, 0) is 14.4 Å². The molecule has 2 fully saturated rings. The summed E-state index contributed by atoms with van der Waals surface area (Å²) in [4.78, 5) is 66.8. The number of carbonyl (C=O) groups is 4. The minimum absolute atomic E-state index is 0.0194. The van der Waals surface area contributed by atoms with Crippen molar-refractivity contribution < 1.29 is 24.3 Å². The number of β-amino-alcohol motifs (C(OH)–C–C–N with tert-alkyl or cyclic N) is 1. The third-order valence-corrected chi connectivity index (χ3v) is 11.1. The van der Waals surface area contributed by atoms with E-state index in [1.807, 2.05) is 76.5 Å². The number of rotatable bonds is 15. The van der Waals surface area contributed by atoms with E-state index in [1.54, 1.807) is 17.5 Å². The van der Waals surface area contributed by atoms with Crippen molar-refractivity contribution in [1.29, 1.82) is 0 Å². The van der Waals surface area contributed by atoms with Gasteiger partial charge >= 0.3 is 0 Å². The van der Waals surface area contributed by atoms with Gasteiger partial charge in [0, 0.05) is 58.3 Å². The van der Waals surface area contributed by atoms with Crippen LogP contribution in [0.25, 0.3) is 10.4 Å². The predicted molar refractivity (Wildman–Crippen MR) is 211 cm³/mol. The van der Waals surface area contributed by atoms with Crippen LogP contribution in [-0.4, -0.2) is 101 Å². The van der Waals surface area contributed by atoms with E-state index in [4.69, 9.17) is 0 Å². The van der Waals surface area contributed by atoms with E-state index in [2.05, 4.69) is 36.1 Å². The molecule has 14 heteroatoms. The molecule has 13 nitrogen and oxygen atoms in total. The van der Waals surface area contributed by atoms with Gasteiger partial charge in [0.05, 0.1) is 33.8 Å². The summed E-state index contributed by atoms with van der Waals surface area (Å²) in [7, 11) is 0. The molecule has 54 heavy (non-hydrogen) atoms. The van der Waals surface area contributed by atoms with Crippen LogP contribution in [0.5, 0.6) is 0 Å². The topological polar surface area (TPSA) is 169 Å². The molecule has 4 atom stereocenters. The normalized spacial score (nSPS) is 18.6. The van der Waals surface area contributed by atoms with E-state index in [-0.39, 0.29) is 49.1 Å². The second-order valence-electron chi connectivity index (χ2n) is 15.4. The zero-order valence-electron chi connectivity index (χ0n) is 32.2. The Balaban J connectivity index is 1.05. The number of hydrogen-bond donors (Lipinski definition) is 5. The number of hydrogen-bond acceptors (Lipinski definition) is 10. The number of aromatic nitrogens is 2. The van der Waals surface area contributed by atoms with Crippen LogP contribution in [0.15, 0.2) is 48.1 Å². The van der Waals surface area contributed by atoms with Gasteiger partial charge in [-0.25, -0.2) is 9.97 Å². The first-order valence-corrected chi connectivity index (χ1v) is 20.0. The Hall–Kier alpha value is -4.40. The summed E-state index contributed by atoms with van der Waals surface area (Å²) in [5.41, 5.74) is 4.67. The van der Waals surface area contributed by atoms with Crippen LogP contribution in [0.3, 0.4) is 0 Å². The van der Waals surface area contributed by atoms with Crippen molar-refractivity contribution in [3.8, 4) is 10.4 Å². The van der Waals surface area contributed by atoms with Crippen molar-refractivity contribution in [1.82, 2.24) is 36.1 Å². The van der Waals surface area contributed by atoms with Crippen LogP contribution in [0.4, 0.5) is 5.82 Å². The third kappa shape index (κ3) is 10.9. The summed E-state index contributed by atoms with van der Waals surface area (Å²) in [6.45, 7) is 13.7. The molecule has 292 valence electrons. The number of carbonyl (C=O) groups excluding carboxylic acids is 4. The summed E-state index contributed by atoms with van der Waals surface area (Å²) < 4.78 is 0. The SMILES string of the molecule is Cc1ncsc1-c1ccc([C@H](C)NC(=O)[C@@H]2C[C@@H](O)CN2C(=O)[C@@H](NC(=O)CCCCCCNC(=O)c2ccc(N3CCNCC3)nc2)C(C)(C)C)cc1. The number of aryl methyl sites for hydroxylation is 1. The lowest BCUT2D eigenvalue weighted by molar-refractivity contribution is -0.144. The van der Waals surface area contributed by atoms with Crippen LogP contribution < -0.4 is 26.2 Å². The average molecular weight is 761 g/mol. The van der Waals surface area contributed by atoms with Crippen molar-refractivity contribution in [2.24, 2.45) is 5.41 Å². The molecule has 2 saturated heterocycles. The highest BCUT2D eigenvalue weighted by molar-refractivity contribution is 7.13. The summed E-state index contributed by atoms with van der Waals surface area (Å²) in [5, 5.41) is 22.8. The molecule has 0 radical (unpaired) electrons. The molecular weight excluding hydrogens is 705 g/mol. The number of amides is 4. The summed E-state index contributed by atoms with van der Waals surface area (Å²) >= 11 is 1.58. The van der Waals surface area contributed by atoms with Gasteiger partial charge in [-0.05, 0) is 55.4 Å². The Bertz CT molecular complexity index is 1720. The third-order valence-electron chi connectivity index (χ3n) is 10.1. The van der Waals surface area contributed by atoms with Crippen molar-refractivity contribution in [2.75, 3.05) is 44.2 Å². The minimum Gasteiger partial charge on any atom is -0.391 e. The number of nitrogens with zero attached hydrogens (tertiary/aromatic N) is 4. The maximum absolute atomic E-state index is 14.0. The molecule has 2 aliphatic rings. The highest BCUT2D eigenvalue weighted by Crippen LogP contribution is 2.29. The number of likely N-dealkylation sites (tertiary alicyclic amines) is 1. The Kier molecular flexibility index (Phi) is 14.2. The van der Waals surface area contributed by atoms with Crippen LogP contribution in [0.1, 0.15) is 93.9 Å². The van der Waals surface area contributed by atoms with Gasteiger partial charge in [0.25, 0.3) is 5.91 Å². The zero-order chi connectivity index (χ0) is 38.8. The fourth-order valence-electron chi connectivity index (χ4n) is 6.92. The summed E-state index contributed by atoms with van der Waals surface area (Å²) in [6.07, 6.45) is 4.20. The second kappa shape index (κ2) is 18.8. The molecular formula is C40H56N8O5S. The number of pyridine rings is 1. The lowest BCUT2D eigenvalue weighted by Gasteiger charge is -2.35. The number of aliphatic hydroxyl groups is 1. The van der Waals surface area contributed by atoms with Crippen molar-refractivity contribution in [2.45, 2.75) is 97.4 Å². The molecule has 0 spiro atoms. The molecule has 3 aromatic rings. The van der Waals surface area contributed by atoms with E-state index >= 15 is 0 Å². The van der Waals surface area contributed by atoms with E-state index in [1.165, 1.54) is 4.90 Å². The number of aliphatic hydroxyl groups excluding tert-OH is 1. The van der Waals surface area contributed by atoms with Gasteiger partial charge in [-0.3, -0.25) is 19.2 Å². The molecule has 0 bridgehead atoms. The highest BCUT2D eigenvalue weighted by Gasteiger charge is 2.44. The second-order valence-corrected chi connectivity index (χ2v) is 16.3. The first kappa shape index (κ1) is 40.8. The Morgan fingerprint density at radius 2 is 1.70 bits per heavy atom. The number of nitrogens with one attached hydrogen (secondary N) is 4. The van der Waals surface area contributed by atoms with E-state index in [0.717, 1.165) is 73.0 Å². The monoisotopic (exact) mass is 760 g/mol. The fourth-order valence-corrected chi connectivity index (χ4v) is 7.73. The van der Waals surface area contributed by atoms with Gasteiger partial charge in [0.1, 0.15) is 17.9 Å². The number of anilines is 1. The molecule has 0 aliphatic carbocycles. The molecule has 2 aliphatic heterocycles. The number of piperazine rings is 1. The Labute approximate surface area is 322 Å². The van der Waals surface area contributed by atoms with Gasteiger partial charge in [-0.2, -0.15) is 0 Å². The first-order chi connectivity index (χ1) is 25.8.